The van der Waals surface area contributed by atoms with Crippen LogP contribution in [0.2, 0.25) is 0 Å². The molecule has 0 fully saturated rings. The van der Waals surface area contributed by atoms with E-state index < -0.39 is 49.6 Å². The van der Waals surface area contributed by atoms with Crippen LogP contribution in [0.15, 0.2) is 0 Å². The van der Waals surface area contributed by atoms with Gasteiger partial charge in [0.2, 0.25) is 0 Å². The van der Waals surface area contributed by atoms with Crippen molar-refractivity contribution in [3.63, 3.8) is 0 Å². The van der Waals surface area contributed by atoms with Crippen LogP contribution in [-0.4, -0.2) is 69.4 Å². The van der Waals surface area contributed by atoms with Crippen molar-refractivity contribution in [1.29, 1.82) is 0 Å². The smallest absolute Gasteiger partial charge is 0.550 e. The zero-order valence-corrected chi connectivity index (χ0v) is 29.5. The van der Waals surface area contributed by atoms with Gasteiger partial charge in [-0.3, -0.25) is 19.2 Å². The Hall–Kier alpha value is -2.81. The molecule has 0 radical (unpaired) electrons. The summed E-state index contributed by atoms with van der Waals surface area (Å²) in [5.41, 5.74) is 0. The monoisotopic (exact) mass is 684 g/mol. The maximum absolute atomic E-state index is 10.4. The van der Waals surface area contributed by atoms with Gasteiger partial charge in [0, 0.05) is 87.5 Å². The van der Waals surface area contributed by atoms with Crippen molar-refractivity contribution in [3.8, 4) is 0 Å². The minimum absolute atomic E-state index is 0. The summed E-state index contributed by atoms with van der Waals surface area (Å²) in [4.78, 5) is 80.7. The summed E-state index contributed by atoms with van der Waals surface area (Å²) >= 11 is 0. The molecule has 15 heteroatoms. The minimum atomic E-state index is -1.28. The molecule has 0 rings (SSSR count). The molecule has 0 aliphatic heterocycles. The maximum atomic E-state index is 10.4. The Morgan fingerprint density at radius 1 is 0.422 bits per heavy atom. The van der Waals surface area contributed by atoms with Gasteiger partial charge in [-0.15, -0.1) is 0 Å². The van der Waals surface area contributed by atoms with Crippen LogP contribution in [0.1, 0.15) is 132 Å². The fraction of sp³-hybridized carbons (Fsp3) is 0.733. The first-order valence-electron chi connectivity index (χ1n) is 14.3. The number of aliphatic hydroxyl groups excluding tert-OH is 2. The van der Waals surface area contributed by atoms with Crippen molar-refractivity contribution in [3.05, 3.63) is 0 Å². The number of carbonyl (C=O) groups is 8. The quantitative estimate of drug-likeness (QED) is 0.142. The number of Topliss-reactive ketones (excluding diaryl/α,β-unsaturated/α-hetero) is 4. The third-order valence-electron chi connectivity index (χ3n) is 3.48. The number of hydrogen-bond donors (Lipinski definition) is 2. The van der Waals surface area contributed by atoms with Gasteiger partial charge in [0.15, 0.2) is 0 Å². The van der Waals surface area contributed by atoms with Crippen molar-refractivity contribution in [2.45, 2.75) is 145 Å². The van der Waals surface area contributed by atoms with Gasteiger partial charge in [-0.1, -0.05) is 27.7 Å². The van der Waals surface area contributed by atoms with E-state index in [9.17, 15) is 58.8 Å². The fourth-order valence-corrected chi connectivity index (χ4v) is 2.11. The molecule has 0 spiro atoms. The van der Waals surface area contributed by atoms with Gasteiger partial charge in [-0.05, 0) is 53.4 Å². The number of carbonyl (C=O) groups excluding carboxylic acids is 8. The number of carboxylic acids is 4. The molecule has 0 aromatic heterocycles. The van der Waals surface area contributed by atoms with E-state index in [2.05, 4.69) is 0 Å². The molecule has 0 saturated heterocycles. The molecule has 0 amide bonds. The number of aliphatic hydroxyl groups is 2. The molecule has 0 aliphatic carbocycles. The molecule has 0 heterocycles. The van der Waals surface area contributed by atoms with Gasteiger partial charge in [-0.25, -0.2) is 0 Å². The van der Waals surface area contributed by atoms with Crippen LogP contribution < -0.4 is 20.4 Å². The van der Waals surface area contributed by atoms with Gasteiger partial charge in [-0.2, -0.15) is 0 Å². The molecular formula is C30H52O14Ti. The topological polar surface area (TPSA) is 269 Å². The van der Waals surface area contributed by atoms with E-state index in [-0.39, 0.29) is 57.1 Å². The zero-order chi connectivity index (χ0) is 36.3. The fourth-order valence-electron chi connectivity index (χ4n) is 2.11. The Morgan fingerprint density at radius 3 is 0.600 bits per heavy atom. The zero-order valence-electron chi connectivity index (χ0n) is 27.9. The van der Waals surface area contributed by atoms with Gasteiger partial charge in [0.05, 0.1) is 0 Å². The van der Waals surface area contributed by atoms with Crippen molar-refractivity contribution < 1.29 is 90.7 Å². The van der Waals surface area contributed by atoms with Crippen molar-refractivity contribution in [2.24, 2.45) is 0 Å². The van der Waals surface area contributed by atoms with Crippen LogP contribution >= 0.6 is 0 Å². The number of carboxylic acid groups (broad SMARTS) is 4. The molecule has 0 unspecified atom stereocenters. The van der Waals surface area contributed by atoms with Crippen LogP contribution in [0.4, 0.5) is 0 Å². The first-order valence-corrected chi connectivity index (χ1v) is 14.3. The first kappa shape index (κ1) is 57.8. The minimum Gasteiger partial charge on any atom is -0.550 e. The predicted octanol–water partition coefficient (Wildman–Crippen LogP) is -1.25. The summed E-state index contributed by atoms with van der Waals surface area (Å²) in [5, 5.41) is 55.1. The average Bonchev–Trinajstić information content (AvgIpc) is 2.78. The largest absolute Gasteiger partial charge is 4.00 e. The number of hydrogen-bond acceptors (Lipinski definition) is 14. The van der Waals surface area contributed by atoms with E-state index in [0.717, 1.165) is 0 Å². The molecule has 14 nitrogen and oxygen atoms in total. The Kier molecular flexibility index (Phi) is 55.7. The second-order valence-corrected chi connectivity index (χ2v) is 9.54. The van der Waals surface area contributed by atoms with E-state index in [4.69, 9.17) is 10.2 Å². The molecule has 0 aliphatic rings. The van der Waals surface area contributed by atoms with Gasteiger partial charge < -0.3 is 49.8 Å². The predicted molar refractivity (Wildman–Crippen MR) is 153 cm³/mol. The summed E-state index contributed by atoms with van der Waals surface area (Å²) in [7, 11) is 0. The molecule has 0 bridgehead atoms. The number of ketones is 4. The number of rotatable bonds is 16. The molecule has 45 heavy (non-hydrogen) atoms. The first-order chi connectivity index (χ1) is 20.1. The standard InChI is InChI=1S/4C6H10O3.2C3H8O.Ti/c4*1-2-3-5(7)4-6(8)9;2*1-3(2)4;/h4*2-4H2,1H3,(H,8,9);2*3-4H,1-2H3;/q;;;;;;+4/p-4. The summed E-state index contributed by atoms with van der Waals surface area (Å²) in [6.45, 7) is 14.2. The summed E-state index contributed by atoms with van der Waals surface area (Å²) in [5.74, 6) is -6.14. The molecular weight excluding hydrogens is 632 g/mol. The molecule has 2 N–H and O–H groups in total. The maximum Gasteiger partial charge on any atom is 4.00 e. The Morgan fingerprint density at radius 2 is 0.533 bits per heavy atom. The SMILES string of the molecule is CC(C)O.CC(C)O.CCCC(=O)CC(=O)[O-].CCCC(=O)CC(=O)[O-].CCCC(=O)CC(=O)[O-].CCCC(=O)CC(=O)[O-].[Ti+4]. The summed E-state index contributed by atoms with van der Waals surface area (Å²) in [6.07, 6.45) is 2.09. The van der Waals surface area contributed by atoms with Crippen LogP contribution in [0.3, 0.4) is 0 Å². The van der Waals surface area contributed by atoms with Gasteiger partial charge in [0.25, 0.3) is 0 Å². The summed E-state index contributed by atoms with van der Waals surface area (Å²) in [6, 6.07) is 0. The van der Waals surface area contributed by atoms with Crippen LogP contribution in [0.5, 0.6) is 0 Å². The Bertz CT molecular complexity index is 677. The van der Waals surface area contributed by atoms with Gasteiger partial charge in [0.1, 0.15) is 23.1 Å². The summed E-state index contributed by atoms with van der Waals surface area (Å²) < 4.78 is 0. The Labute approximate surface area is 281 Å². The molecule has 0 aromatic rings. The van der Waals surface area contributed by atoms with Crippen molar-refractivity contribution >= 4 is 47.0 Å². The van der Waals surface area contributed by atoms with E-state index >= 15 is 0 Å². The van der Waals surface area contributed by atoms with Crippen molar-refractivity contribution in [2.75, 3.05) is 0 Å². The van der Waals surface area contributed by atoms with Crippen molar-refractivity contribution in [1.82, 2.24) is 0 Å². The van der Waals surface area contributed by atoms with E-state index in [1.165, 1.54) is 0 Å². The molecule has 0 saturated carbocycles. The molecule has 0 atom stereocenters. The number of aliphatic carboxylic acids is 4. The van der Waals surface area contributed by atoms with E-state index in [1.54, 1.807) is 27.7 Å². The van der Waals surface area contributed by atoms with E-state index in [1.807, 2.05) is 27.7 Å². The normalized spacial score (nSPS) is 8.80. The van der Waals surface area contributed by atoms with Gasteiger partial charge >= 0.3 is 21.7 Å². The third kappa shape index (κ3) is 99.7. The molecule has 0 aromatic carbocycles. The van der Waals surface area contributed by atoms with Crippen LogP contribution in [0, 0.1) is 0 Å². The van der Waals surface area contributed by atoms with Crippen LogP contribution in [0.25, 0.3) is 0 Å². The van der Waals surface area contributed by atoms with E-state index in [0.29, 0.717) is 51.4 Å². The Balaban J connectivity index is -0.0000000787. The second-order valence-electron chi connectivity index (χ2n) is 9.54. The molecule has 260 valence electrons. The average molecular weight is 685 g/mol. The second kappa shape index (κ2) is 43.3. The van der Waals surface area contributed by atoms with Crippen LogP contribution in [-0.2, 0) is 60.1 Å². The third-order valence-corrected chi connectivity index (χ3v) is 3.48.